The fourth-order valence-electron chi connectivity index (χ4n) is 3.82. The second kappa shape index (κ2) is 11.9. The molecule has 1 aliphatic heterocycles. The lowest BCUT2D eigenvalue weighted by Crippen LogP contribution is -2.50. The highest BCUT2D eigenvalue weighted by Gasteiger charge is 2.24. The molecule has 1 fully saturated rings. The molecule has 1 heterocycles. The number of carbonyl (C=O) groups excluding carboxylic acids is 3. The van der Waals surface area contributed by atoms with Crippen LogP contribution in [0.5, 0.6) is 0 Å². The monoisotopic (exact) mass is 391 g/mol. The van der Waals surface area contributed by atoms with E-state index in [9.17, 15) is 14.4 Å². The molecule has 1 saturated heterocycles. The molecule has 0 aromatic rings. The van der Waals surface area contributed by atoms with Crippen LogP contribution >= 0.6 is 0 Å². The Kier molecular flexibility index (Phi) is 9.51. The van der Waals surface area contributed by atoms with Gasteiger partial charge < -0.3 is 15.1 Å². The van der Waals surface area contributed by atoms with Gasteiger partial charge in [-0.05, 0) is 37.5 Å². The van der Waals surface area contributed by atoms with Gasteiger partial charge in [0.25, 0.3) is 0 Å². The van der Waals surface area contributed by atoms with Crippen molar-refractivity contribution in [2.45, 2.75) is 65.2 Å². The topological polar surface area (TPSA) is 69.7 Å². The molecule has 0 aromatic heterocycles. The summed E-state index contributed by atoms with van der Waals surface area (Å²) in [6.07, 6.45) is 10.9. The number of unbranched alkanes of at least 4 members (excludes halogenated alkanes) is 2. The van der Waals surface area contributed by atoms with Crippen LogP contribution in [-0.2, 0) is 14.4 Å². The molecule has 1 atom stereocenters. The second-order valence-electron chi connectivity index (χ2n) is 8.49. The first-order valence-electron chi connectivity index (χ1n) is 10.9. The molecule has 158 valence electrons. The maximum atomic E-state index is 12.3. The maximum absolute atomic E-state index is 12.3. The molecule has 1 aliphatic carbocycles. The molecule has 0 radical (unpaired) electrons. The molecule has 3 amide bonds. The summed E-state index contributed by atoms with van der Waals surface area (Å²) in [5, 5.41) is 2.98. The average Bonchev–Trinajstić information content (AvgIpc) is 3.16. The van der Waals surface area contributed by atoms with E-state index in [0.717, 1.165) is 32.1 Å². The van der Waals surface area contributed by atoms with Crippen molar-refractivity contribution in [1.82, 2.24) is 15.1 Å². The molecule has 6 nitrogen and oxygen atoms in total. The number of amides is 3. The van der Waals surface area contributed by atoms with Gasteiger partial charge in [-0.2, -0.15) is 0 Å². The Hall–Kier alpha value is -1.85. The van der Waals surface area contributed by atoms with Crippen LogP contribution in [-0.4, -0.2) is 60.2 Å². The SMILES string of the molecule is CC(C)CC(=O)N1CCN(C(=O)CCCCCNC(=O)CC2C=CCC2)CC1. The maximum Gasteiger partial charge on any atom is 0.222 e. The predicted molar refractivity (Wildman–Crippen MR) is 111 cm³/mol. The first kappa shape index (κ1) is 22.4. The zero-order valence-corrected chi connectivity index (χ0v) is 17.6. The molecule has 1 unspecified atom stereocenters. The van der Waals surface area contributed by atoms with Gasteiger partial charge in [-0.15, -0.1) is 0 Å². The van der Waals surface area contributed by atoms with Gasteiger partial charge in [-0.3, -0.25) is 14.4 Å². The molecule has 0 aromatic carbocycles. The number of allylic oxidation sites excluding steroid dienone is 2. The standard InChI is InChI=1S/C22H37N3O3/c1-18(2)16-22(28)25-14-12-24(13-15-25)21(27)10-4-3-7-11-23-20(26)17-19-8-5-6-9-19/h5,8,18-19H,3-4,6-7,9-17H2,1-2H3,(H,23,26). The highest BCUT2D eigenvalue weighted by molar-refractivity contribution is 5.78. The fraction of sp³-hybridized carbons (Fsp3) is 0.773. The Bertz CT molecular complexity index is 551. The van der Waals surface area contributed by atoms with Gasteiger partial charge in [0, 0.05) is 52.0 Å². The van der Waals surface area contributed by atoms with Crippen LogP contribution in [0.25, 0.3) is 0 Å². The van der Waals surface area contributed by atoms with Crippen molar-refractivity contribution in [2.75, 3.05) is 32.7 Å². The number of carbonyl (C=O) groups is 3. The lowest BCUT2D eigenvalue weighted by atomic mass is 10.1. The van der Waals surface area contributed by atoms with Gasteiger partial charge in [0.05, 0.1) is 0 Å². The van der Waals surface area contributed by atoms with E-state index in [-0.39, 0.29) is 17.7 Å². The fourth-order valence-corrected chi connectivity index (χ4v) is 3.82. The predicted octanol–water partition coefficient (Wildman–Crippen LogP) is 2.74. The van der Waals surface area contributed by atoms with Crippen molar-refractivity contribution in [3.8, 4) is 0 Å². The van der Waals surface area contributed by atoms with E-state index in [4.69, 9.17) is 0 Å². The van der Waals surface area contributed by atoms with Crippen LogP contribution in [0.3, 0.4) is 0 Å². The number of nitrogens with zero attached hydrogens (tertiary/aromatic N) is 2. The molecular formula is C22H37N3O3. The van der Waals surface area contributed by atoms with Crippen molar-refractivity contribution >= 4 is 17.7 Å². The normalized spacial score (nSPS) is 19.3. The number of hydrogen-bond donors (Lipinski definition) is 1. The van der Waals surface area contributed by atoms with E-state index >= 15 is 0 Å². The number of hydrogen-bond acceptors (Lipinski definition) is 3. The van der Waals surface area contributed by atoms with E-state index < -0.39 is 0 Å². The molecule has 0 saturated carbocycles. The first-order valence-corrected chi connectivity index (χ1v) is 10.9. The summed E-state index contributed by atoms with van der Waals surface area (Å²) < 4.78 is 0. The summed E-state index contributed by atoms with van der Waals surface area (Å²) in [5.74, 6) is 1.31. The van der Waals surface area contributed by atoms with Gasteiger partial charge >= 0.3 is 0 Å². The molecular weight excluding hydrogens is 354 g/mol. The smallest absolute Gasteiger partial charge is 0.222 e. The molecule has 6 heteroatoms. The van der Waals surface area contributed by atoms with Crippen LogP contribution in [0, 0.1) is 11.8 Å². The Morgan fingerprint density at radius 3 is 2.29 bits per heavy atom. The number of piperazine rings is 1. The van der Waals surface area contributed by atoms with Crippen LogP contribution in [0.4, 0.5) is 0 Å². The Morgan fingerprint density at radius 1 is 1.00 bits per heavy atom. The quantitative estimate of drug-likeness (QED) is 0.460. The number of nitrogens with one attached hydrogen (secondary N) is 1. The minimum Gasteiger partial charge on any atom is -0.356 e. The van der Waals surface area contributed by atoms with Crippen molar-refractivity contribution in [3.63, 3.8) is 0 Å². The molecule has 2 rings (SSSR count). The Morgan fingerprint density at radius 2 is 1.68 bits per heavy atom. The van der Waals surface area contributed by atoms with E-state index in [1.165, 1.54) is 0 Å². The third-order valence-electron chi connectivity index (χ3n) is 5.52. The summed E-state index contributed by atoms with van der Waals surface area (Å²) in [6, 6.07) is 0. The van der Waals surface area contributed by atoms with Crippen LogP contribution in [0.1, 0.15) is 65.2 Å². The molecule has 0 bridgehead atoms. The van der Waals surface area contributed by atoms with Gasteiger partial charge in [-0.25, -0.2) is 0 Å². The van der Waals surface area contributed by atoms with Crippen molar-refractivity contribution in [2.24, 2.45) is 11.8 Å². The van der Waals surface area contributed by atoms with E-state index in [1.807, 2.05) is 9.80 Å². The third kappa shape index (κ3) is 8.03. The molecule has 2 aliphatic rings. The van der Waals surface area contributed by atoms with Gasteiger partial charge in [0.2, 0.25) is 17.7 Å². The van der Waals surface area contributed by atoms with Gasteiger partial charge in [-0.1, -0.05) is 32.4 Å². The minimum absolute atomic E-state index is 0.137. The molecule has 28 heavy (non-hydrogen) atoms. The largest absolute Gasteiger partial charge is 0.356 e. The summed E-state index contributed by atoms with van der Waals surface area (Å²) in [5.41, 5.74) is 0. The third-order valence-corrected chi connectivity index (χ3v) is 5.52. The summed E-state index contributed by atoms with van der Waals surface area (Å²) in [7, 11) is 0. The first-order chi connectivity index (χ1) is 13.5. The summed E-state index contributed by atoms with van der Waals surface area (Å²) in [4.78, 5) is 40.0. The van der Waals surface area contributed by atoms with E-state index in [1.54, 1.807) is 0 Å². The molecule has 1 N–H and O–H groups in total. The Balaban J connectivity index is 1.49. The lowest BCUT2D eigenvalue weighted by Gasteiger charge is -2.35. The van der Waals surface area contributed by atoms with Crippen molar-refractivity contribution < 1.29 is 14.4 Å². The van der Waals surface area contributed by atoms with E-state index in [0.29, 0.717) is 63.8 Å². The zero-order valence-electron chi connectivity index (χ0n) is 17.6. The van der Waals surface area contributed by atoms with Crippen LogP contribution in [0.15, 0.2) is 12.2 Å². The van der Waals surface area contributed by atoms with Crippen molar-refractivity contribution in [1.29, 1.82) is 0 Å². The molecule has 0 spiro atoms. The zero-order chi connectivity index (χ0) is 20.4. The highest BCUT2D eigenvalue weighted by Crippen LogP contribution is 2.20. The average molecular weight is 392 g/mol. The van der Waals surface area contributed by atoms with Gasteiger partial charge in [0.15, 0.2) is 0 Å². The number of rotatable bonds is 10. The van der Waals surface area contributed by atoms with Crippen molar-refractivity contribution in [3.05, 3.63) is 12.2 Å². The second-order valence-corrected chi connectivity index (χ2v) is 8.49. The minimum atomic E-state index is 0.137. The summed E-state index contributed by atoms with van der Waals surface area (Å²) >= 11 is 0. The summed E-state index contributed by atoms with van der Waals surface area (Å²) in [6.45, 7) is 7.40. The van der Waals surface area contributed by atoms with Crippen LogP contribution in [0.2, 0.25) is 0 Å². The van der Waals surface area contributed by atoms with Gasteiger partial charge in [0.1, 0.15) is 0 Å². The highest BCUT2D eigenvalue weighted by atomic mass is 16.2. The Labute approximate surface area is 169 Å². The lowest BCUT2D eigenvalue weighted by molar-refractivity contribution is -0.140. The van der Waals surface area contributed by atoms with E-state index in [2.05, 4.69) is 31.3 Å². The van der Waals surface area contributed by atoms with Crippen LogP contribution < -0.4 is 5.32 Å².